The van der Waals surface area contributed by atoms with Crippen LogP contribution >= 0.6 is 0 Å². The zero-order chi connectivity index (χ0) is 16.3. The van der Waals surface area contributed by atoms with E-state index in [1.165, 1.54) is 19.8 Å². The van der Waals surface area contributed by atoms with Gasteiger partial charge in [0.25, 0.3) is 5.91 Å². The maximum atomic E-state index is 12.4. The van der Waals surface area contributed by atoms with Crippen molar-refractivity contribution in [1.29, 1.82) is 0 Å². The normalized spacial score (nSPS) is 10.2. The molecule has 5 heteroatoms. The van der Waals surface area contributed by atoms with Gasteiger partial charge < -0.3 is 20.5 Å². The molecule has 0 aliphatic heterocycles. The smallest absolute Gasteiger partial charge is 0.257 e. The third kappa shape index (κ3) is 3.14. The molecule has 0 atom stereocenters. The minimum Gasteiger partial charge on any atom is -0.493 e. The Labute approximate surface area is 130 Å². The van der Waals surface area contributed by atoms with E-state index in [-0.39, 0.29) is 5.91 Å². The molecule has 0 unspecified atom stereocenters. The molecule has 2 aromatic rings. The number of nitrogen functional groups attached to an aromatic ring is 1. The van der Waals surface area contributed by atoms with E-state index >= 15 is 0 Å². The van der Waals surface area contributed by atoms with Gasteiger partial charge in [0.2, 0.25) is 0 Å². The van der Waals surface area contributed by atoms with E-state index in [4.69, 9.17) is 15.2 Å². The van der Waals surface area contributed by atoms with Crippen LogP contribution in [-0.4, -0.2) is 20.1 Å². The molecular formula is C17H20N2O3. The van der Waals surface area contributed by atoms with Crippen molar-refractivity contribution >= 4 is 17.3 Å². The average Bonchev–Trinajstić information content (AvgIpc) is 2.50. The van der Waals surface area contributed by atoms with Crippen LogP contribution in [0.4, 0.5) is 11.4 Å². The summed E-state index contributed by atoms with van der Waals surface area (Å²) in [5.41, 5.74) is 9.61. The van der Waals surface area contributed by atoms with E-state index in [2.05, 4.69) is 5.32 Å². The lowest BCUT2D eigenvalue weighted by Crippen LogP contribution is -2.14. The number of aryl methyl sites for hydroxylation is 2. The van der Waals surface area contributed by atoms with Crippen molar-refractivity contribution in [3.05, 3.63) is 47.0 Å². The average molecular weight is 300 g/mol. The third-order valence-electron chi connectivity index (χ3n) is 3.57. The molecule has 5 nitrogen and oxygen atoms in total. The molecule has 0 aliphatic rings. The predicted molar refractivity (Wildman–Crippen MR) is 87.8 cm³/mol. The van der Waals surface area contributed by atoms with Crippen molar-refractivity contribution < 1.29 is 14.3 Å². The second kappa shape index (κ2) is 6.39. The fraction of sp³-hybridized carbons (Fsp3) is 0.235. The van der Waals surface area contributed by atoms with Gasteiger partial charge in [0.05, 0.1) is 19.8 Å². The summed E-state index contributed by atoms with van der Waals surface area (Å²) < 4.78 is 10.4. The molecule has 22 heavy (non-hydrogen) atoms. The van der Waals surface area contributed by atoms with Gasteiger partial charge in [-0.15, -0.1) is 0 Å². The van der Waals surface area contributed by atoms with E-state index in [9.17, 15) is 4.79 Å². The lowest BCUT2D eigenvalue weighted by Gasteiger charge is -2.13. The molecule has 1 amide bonds. The van der Waals surface area contributed by atoms with Crippen LogP contribution in [0, 0.1) is 13.8 Å². The number of nitrogens with two attached hydrogens (primary N) is 1. The zero-order valence-electron chi connectivity index (χ0n) is 13.2. The van der Waals surface area contributed by atoms with Gasteiger partial charge in [0.1, 0.15) is 0 Å². The number of carbonyl (C=O) groups is 1. The van der Waals surface area contributed by atoms with Crippen LogP contribution < -0.4 is 20.5 Å². The van der Waals surface area contributed by atoms with E-state index in [1.807, 2.05) is 32.0 Å². The third-order valence-corrected chi connectivity index (χ3v) is 3.57. The van der Waals surface area contributed by atoms with Gasteiger partial charge in [-0.1, -0.05) is 6.07 Å². The van der Waals surface area contributed by atoms with E-state index < -0.39 is 0 Å². The van der Waals surface area contributed by atoms with Gasteiger partial charge in [-0.05, 0) is 43.2 Å². The topological polar surface area (TPSA) is 73.6 Å². The summed E-state index contributed by atoms with van der Waals surface area (Å²) in [4.78, 5) is 12.4. The molecule has 0 heterocycles. The molecule has 0 aromatic heterocycles. The van der Waals surface area contributed by atoms with Gasteiger partial charge >= 0.3 is 0 Å². The highest BCUT2D eigenvalue weighted by molar-refractivity contribution is 6.08. The fourth-order valence-corrected chi connectivity index (χ4v) is 2.11. The van der Waals surface area contributed by atoms with Gasteiger partial charge in [-0.3, -0.25) is 4.79 Å². The fourth-order valence-electron chi connectivity index (χ4n) is 2.11. The van der Waals surface area contributed by atoms with E-state index in [0.717, 1.165) is 11.3 Å². The summed E-state index contributed by atoms with van der Waals surface area (Å²) in [5.74, 6) is 0.659. The second-order valence-corrected chi connectivity index (χ2v) is 5.05. The Kier molecular flexibility index (Phi) is 4.56. The van der Waals surface area contributed by atoms with Crippen LogP contribution in [0.1, 0.15) is 21.5 Å². The highest BCUT2D eigenvalue weighted by atomic mass is 16.5. The maximum absolute atomic E-state index is 12.4. The second-order valence-electron chi connectivity index (χ2n) is 5.05. The standard InChI is InChI=1S/C17H20N2O3/c1-10-5-6-12(7-11(10)2)19-17(20)13-8-15(21-3)16(22-4)9-14(13)18/h5-9H,18H2,1-4H3,(H,19,20). The Hall–Kier alpha value is -2.69. The number of benzene rings is 2. The number of rotatable bonds is 4. The highest BCUT2D eigenvalue weighted by Gasteiger charge is 2.15. The van der Waals surface area contributed by atoms with Gasteiger partial charge in [0.15, 0.2) is 11.5 Å². The number of carbonyl (C=O) groups excluding carboxylic acids is 1. The summed E-state index contributed by atoms with van der Waals surface area (Å²) in [6.45, 7) is 4.02. The zero-order valence-corrected chi connectivity index (χ0v) is 13.2. The van der Waals surface area contributed by atoms with Crippen molar-refractivity contribution in [2.45, 2.75) is 13.8 Å². The number of anilines is 2. The van der Waals surface area contributed by atoms with Gasteiger partial charge in [0, 0.05) is 17.4 Å². The Morgan fingerprint density at radius 2 is 1.64 bits per heavy atom. The molecule has 2 rings (SSSR count). The van der Waals surface area contributed by atoms with Crippen molar-refractivity contribution in [2.75, 3.05) is 25.3 Å². The number of hydrogen-bond acceptors (Lipinski definition) is 4. The first-order valence-electron chi connectivity index (χ1n) is 6.86. The summed E-state index contributed by atoms with van der Waals surface area (Å²) in [7, 11) is 3.03. The minimum atomic E-state index is -0.290. The maximum Gasteiger partial charge on any atom is 0.257 e. The monoisotopic (exact) mass is 300 g/mol. The number of ether oxygens (including phenoxy) is 2. The predicted octanol–water partition coefficient (Wildman–Crippen LogP) is 3.16. The molecule has 0 fully saturated rings. The van der Waals surface area contributed by atoms with Gasteiger partial charge in [-0.25, -0.2) is 0 Å². The van der Waals surface area contributed by atoms with Crippen LogP contribution in [0.15, 0.2) is 30.3 Å². The molecule has 0 aliphatic carbocycles. The van der Waals surface area contributed by atoms with Crippen LogP contribution in [0.25, 0.3) is 0 Å². The molecule has 0 spiro atoms. The lowest BCUT2D eigenvalue weighted by molar-refractivity contribution is 0.102. The van der Waals surface area contributed by atoms with E-state index in [0.29, 0.717) is 22.7 Å². The minimum absolute atomic E-state index is 0.290. The summed E-state index contributed by atoms with van der Waals surface area (Å²) in [5, 5.41) is 2.84. The summed E-state index contributed by atoms with van der Waals surface area (Å²) >= 11 is 0. The quantitative estimate of drug-likeness (QED) is 0.851. The number of hydrogen-bond donors (Lipinski definition) is 2. The Morgan fingerprint density at radius 1 is 1.00 bits per heavy atom. The number of nitrogens with one attached hydrogen (secondary N) is 1. The van der Waals surface area contributed by atoms with Crippen molar-refractivity contribution in [2.24, 2.45) is 0 Å². The largest absolute Gasteiger partial charge is 0.493 e. The first-order chi connectivity index (χ1) is 10.5. The van der Waals surface area contributed by atoms with Crippen LogP contribution in [0.5, 0.6) is 11.5 Å². The molecule has 0 bridgehead atoms. The SMILES string of the molecule is COc1cc(N)c(C(=O)Nc2ccc(C)c(C)c2)cc1OC. The van der Waals surface area contributed by atoms with E-state index in [1.54, 1.807) is 12.1 Å². The molecule has 0 saturated heterocycles. The Bertz CT molecular complexity index is 711. The number of amides is 1. The first-order valence-corrected chi connectivity index (χ1v) is 6.86. The highest BCUT2D eigenvalue weighted by Crippen LogP contribution is 2.32. The summed E-state index contributed by atoms with van der Waals surface area (Å²) in [6, 6.07) is 8.89. The Morgan fingerprint density at radius 3 is 2.23 bits per heavy atom. The molecule has 0 radical (unpaired) electrons. The molecule has 116 valence electrons. The van der Waals surface area contributed by atoms with Crippen molar-refractivity contribution in [1.82, 2.24) is 0 Å². The molecule has 0 saturated carbocycles. The Balaban J connectivity index is 2.31. The summed E-state index contributed by atoms with van der Waals surface area (Å²) in [6.07, 6.45) is 0. The number of methoxy groups -OCH3 is 2. The first kappa shape index (κ1) is 15.7. The van der Waals surface area contributed by atoms with Crippen LogP contribution in [0.2, 0.25) is 0 Å². The van der Waals surface area contributed by atoms with Crippen LogP contribution in [-0.2, 0) is 0 Å². The lowest BCUT2D eigenvalue weighted by atomic mass is 10.1. The molecular weight excluding hydrogens is 280 g/mol. The van der Waals surface area contributed by atoms with Gasteiger partial charge in [-0.2, -0.15) is 0 Å². The molecule has 3 N–H and O–H groups in total. The van der Waals surface area contributed by atoms with Crippen molar-refractivity contribution in [3.63, 3.8) is 0 Å². The van der Waals surface area contributed by atoms with Crippen LogP contribution in [0.3, 0.4) is 0 Å². The van der Waals surface area contributed by atoms with Crippen molar-refractivity contribution in [3.8, 4) is 11.5 Å². The molecule has 2 aromatic carbocycles.